The first kappa shape index (κ1) is 17.4. The number of esters is 1. The highest BCUT2D eigenvalue weighted by Gasteiger charge is 2.27. The summed E-state index contributed by atoms with van der Waals surface area (Å²) in [7, 11) is 0. The van der Waals surface area contributed by atoms with Gasteiger partial charge in [-0.1, -0.05) is 13.0 Å². The van der Waals surface area contributed by atoms with E-state index in [1.54, 1.807) is 13.8 Å². The minimum atomic E-state index is -1.44. The van der Waals surface area contributed by atoms with E-state index in [0.29, 0.717) is 12.5 Å². The summed E-state index contributed by atoms with van der Waals surface area (Å²) >= 11 is 2.53. The number of carbonyl (C=O) groups excluding carboxylic acids is 2. The lowest BCUT2D eigenvalue weighted by Gasteiger charge is -2.09. The van der Waals surface area contributed by atoms with Gasteiger partial charge >= 0.3 is 5.97 Å². The fourth-order valence-corrected chi connectivity index (χ4v) is 1.97. The molecule has 3 nitrogen and oxygen atoms in total. The largest absolute Gasteiger partial charge is 0.462 e. The Labute approximate surface area is 127 Å². The first-order chi connectivity index (χ1) is 9.84. The Morgan fingerprint density at radius 1 is 1.24 bits per heavy atom. The summed E-state index contributed by atoms with van der Waals surface area (Å²) in [6.45, 7) is 3.22. The van der Waals surface area contributed by atoms with Crippen molar-refractivity contribution >= 4 is 27.7 Å². The van der Waals surface area contributed by atoms with E-state index in [9.17, 15) is 22.8 Å². The average Bonchev–Trinajstić information content (AvgIpc) is 2.45. The van der Waals surface area contributed by atoms with Gasteiger partial charge in [0, 0.05) is 0 Å². The van der Waals surface area contributed by atoms with Crippen LogP contribution in [0.5, 0.6) is 0 Å². The van der Waals surface area contributed by atoms with E-state index in [1.807, 2.05) is 0 Å². The zero-order chi connectivity index (χ0) is 16.2. The van der Waals surface area contributed by atoms with E-state index in [2.05, 4.69) is 15.9 Å². The van der Waals surface area contributed by atoms with Crippen LogP contribution in [0, 0.1) is 17.5 Å². The lowest BCUT2D eigenvalue weighted by Crippen LogP contribution is -2.18. The Morgan fingerprint density at radius 2 is 1.86 bits per heavy atom. The molecule has 0 radical (unpaired) electrons. The fraction of sp³-hybridized carbons (Fsp3) is 0.286. The number of hydrogen-bond donors (Lipinski definition) is 0. The highest BCUT2D eigenvalue weighted by molar-refractivity contribution is 9.10. The second kappa shape index (κ2) is 7.40. The molecular weight excluding hydrogens is 353 g/mol. The zero-order valence-corrected chi connectivity index (χ0v) is 12.9. The summed E-state index contributed by atoms with van der Waals surface area (Å²) in [5.41, 5.74) is -1.16. The van der Waals surface area contributed by atoms with Gasteiger partial charge in [0.1, 0.15) is 5.57 Å². The number of rotatable bonds is 5. The van der Waals surface area contributed by atoms with Gasteiger partial charge in [-0.2, -0.15) is 0 Å². The average molecular weight is 365 g/mol. The van der Waals surface area contributed by atoms with Crippen molar-refractivity contribution in [2.45, 2.75) is 20.3 Å². The van der Waals surface area contributed by atoms with Crippen LogP contribution in [0.15, 0.2) is 22.2 Å². The second-order valence-corrected chi connectivity index (χ2v) is 4.72. The number of halogens is 4. The van der Waals surface area contributed by atoms with Gasteiger partial charge in [0.2, 0.25) is 5.78 Å². The number of ether oxygens (including phenoxy) is 1. The van der Waals surface area contributed by atoms with Gasteiger partial charge in [-0.25, -0.2) is 18.0 Å². The summed E-state index contributed by atoms with van der Waals surface area (Å²) < 4.78 is 44.3. The fourth-order valence-electron chi connectivity index (χ4n) is 1.56. The van der Waals surface area contributed by atoms with Crippen molar-refractivity contribution in [3.63, 3.8) is 0 Å². The van der Waals surface area contributed by atoms with Crippen LogP contribution in [0.1, 0.15) is 30.6 Å². The maximum Gasteiger partial charge on any atom is 0.341 e. The Hall–Kier alpha value is -1.63. The van der Waals surface area contributed by atoms with E-state index in [4.69, 9.17) is 4.74 Å². The maximum atomic E-state index is 13.9. The number of carbonyl (C=O) groups is 2. The Kier molecular flexibility index (Phi) is 6.14. The molecule has 7 heteroatoms. The van der Waals surface area contributed by atoms with Crippen molar-refractivity contribution in [2.24, 2.45) is 0 Å². The molecule has 1 rings (SSSR count). The molecule has 0 unspecified atom stereocenters. The zero-order valence-electron chi connectivity index (χ0n) is 11.3. The molecule has 0 aliphatic heterocycles. The van der Waals surface area contributed by atoms with E-state index in [-0.39, 0.29) is 6.61 Å². The van der Waals surface area contributed by atoms with Crippen LogP contribution in [-0.4, -0.2) is 18.4 Å². The molecule has 0 aromatic heterocycles. The third kappa shape index (κ3) is 3.72. The molecule has 0 aliphatic rings. The lowest BCUT2D eigenvalue weighted by atomic mass is 10.0. The van der Waals surface area contributed by atoms with Gasteiger partial charge in [-0.05, 0) is 35.3 Å². The number of allylic oxidation sites excluding steroid dienone is 1. The molecule has 0 aliphatic carbocycles. The molecule has 0 bridgehead atoms. The first-order valence-corrected chi connectivity index (χ1v) is 6.89. The number of ketones is 1. The van der Waals surface area contributed by atoms with Crippen LogP contribution in [0.3, 0.4) is 0 Å². The SMILES string of the molecule is CCC=C(C(=O)OCC)C(=O)c1cc(F)c(F)c(Br)c1F. The Bertz CT molecular complexity index is 612. The van der Waals surface area contributed by atoms with Crippen LogP contribution in [0.2, 0.25) is 0 Å². The van der Waals surface area contributed by atoms with Crippen LogP contribution < -0.4 is 0 Å². The minimum Gasteiger partial charge on any atom is -0.462 e. The summed E-state index contributed by atoms with van der Waals surface area (Å²) in [5, 5.41) is 0. The Balaban J connectivity index is 3.35. The molecule has 0 N–H and O–H groups in total. The molecule has 1 aromatic carbocycles. The number of Topliss-reactive ketones (excluding diaryl/α,β-unsaturated/α-hetero) is 1. The first-order valence-electron chi connectivity index (χ1n) is 6.10. The van der Waals surface area contributed by atoms with Gasteiger partial charge in [-0.3, -0.25) is 4.79 Å². The molecule has 0 saturated heterocycles. The smallest absolute Gasteiger partial charge is 0.341 e. The molecule has 1 aromatic rings. The molecule has 0 fully saturated rings. The van der Waals surface area contributed by atoms with Gasteiger partial charge in [-0.15, -0.1) is 0 Å². The topological polar surface area (TPSA) is 43.4 Å². The standard InChI is InChI=1S/C14H12BrF3O3/c1-3-5-7(14(20)21-4-2)13(19)8-6-9(16)12(18)10(15)11(8)17/h5-6H,3-4H2,1-2H3. The summed E-state index contributed by atoms with van der Waals surface area (Å²) in [6, 6.07) is 0.417. The monoisotopic (exact) mass is 364 g/mol. The van der Waals surface area contributed by atoms with Gasteiger partial charge in [0.25, 0.3) is 0 Å². The van der Waals surface area contributed by atoms with E-state index >= 15 is 0 Å². The molecular formula is C14H12BrF3O3. The van der Waals surface area contributed by atoms with Crippen LogP contribution in [0.25, 0.3) is 0 Å². The van der Waals surface area contributed by atoms with Crippen molar-refractivity contribution in [1.82, 2.24) is 0 Å². The van der Waals surface area contributed by atoms with Gasteiger partial charge in [0.15, 0.2) is 17.5 Å². The van der Waals surface area contributed by atoms with Crippen LogP contribution in [-0.2, 0) is 9.53 Å². The third-order valence-corrected chi connectivity index (χ3v) is 3.19. The van der Waals surface area contributed by atoms with Crippen molar-refractivity contribution in [3.8, 4) is 0 Å². The molecule has 0 spiro atoms. The molecule has 114 valence electrons. The van der Waals surface area contributed by atoms with Gasteiger partial charge in [0.05, 0.1) is 16.6 Å². The van der Waals surface area contributed by atoms with Crippen LogP contribution >= 0.6 is 15.9 Å². The predicted octanol–water partition coefficient (Wildman–Crippen LogP) is 3.95. The van der Waals surface area contributed by atoms with Crippen molar-refractivity contribution in [3.05, 3.63) is 45.2 Å². The normalized spacial score (nSPS) is 11.4. The molecule has 0 amide bonds. The predicted molar refractivity (Wildman–Crippen MR) is 73.4 cm³/mol. The van der Waals surface area contributed by atoms with Gasteiger partial charge < -0.3 is 4.74 Å². The van der Waals surface area contributed by atoms with E-state index in [0.717, 1.165) is 0 Å². The number of benzene rings is 1. The maximum absolute atomic E-state index is 13.9. The number of hydrogen-bond acceptors (Lipinski definition) is 3. The summed E-state index contributed by atoms with van der Waals surface area (Å²) in [5.74, 6) is -6.12. The molecule has 0 atom stereocenters. The summed E-state index contributed by atoms with van der Waals surface area (Å²) in [4.78, 5) is 23.9. The van der Waals surface area contributed by atoms with Crippen molar-refractivity contribution in [1.29, 1.82) is 0 Å². The van der Waals surface area contributed by atoms with Crippen LogP contribution in [0.4, 0.5) is 13.2 Å². The summed E-state index contributed by atoms with van der Waals surface area (Å²) in [6.07, 6.45) is 1.56. The molecule has 21 heavy (non-hydrogen) atoms. The third-order valence-electron chi connectivity index (χ3n) is 2.50. The minimum absolute atomic E-state index is 0.0249. The molecule has 0 heterocycles. The van der Waals surface area contributed by atoms with Crippen molar-refractivity contribution in [2.75, 3.05) is 6.61 Å². The lowest BCUT2D eigenvalue weighted by molar-refractivity contribution is -0.138. The Morgan fingerprint density at radius 3 is 2.38 bits per heavy atom. The highest BCUT2D eigenvalue weighted by atomic mass is 79.9. The highest BCUT2D eigenvalue weighted by Crippen LogP contribution is 2.27. The van der Waals surface area contributed by atoms with Crippen molar-refractivity contribution < 1.29 is 27.5 Å². The quantitative estimate of drug-likeness (QED) is 0.151. The second-order valence-electron chi connectivity index (χ2n) is 3.92. The molecule has 0 saturated carbocycles. The van der Waals surface area contributed by atoms with E-state index < -0.39 is 44.8 Å². The van der Waals surface area contributed by atoms with E-state index in [1.165, 1.54) is 6.08 Å².